The minimum absolute atomic E-state index is 0.0370. The molecule has 9 atom stereocenters. The van der Waals surface area contributed by atoms with Gasteiger partial charge in [0.2, 0.25) is 0 Å². The maximum Gasteiger partial charge on any atom is 0.264 e. The first-order valence-corrected chi connectivity index (χ1v) is 20.3. The van der Waals surface area contributed by atoms with E-state index in [4.69, 9.17) is 9.47 Å². The molecule has 3 aliphatic rings. The van der Waals surface area contributed by atoms with Crippen molar-refractivity contribution in [3.05, 3.63) is 70.0 Å². The van der Waals surface area contributed by atoms with Crippen molar-refractivity contribution in [2.75, 3.05) is 16.8 Å². The molecule has 2 amide bonds. The molecule has 17 heteroatoms. The predicted octanol–water partition coefficient (Wildman–Crippen LogP) is 0.749. The van der Waals surface area contributed by atoms with Crippen LogP contribution >= 0.6 is 15.9 Å². The van der Waals surface area contributed by atoms with E-state index >= 15 is 0 Å². The normalized spacial score (nSPS) is 31.0. The fourth-order valence-corrected chi connectivity index (χ4v) is 10.6. The average Bonchev–Trinajstić information content (AvgIpc) is 3.70. The molecular formula is C33H42BrN5O10Si. The summed E-state index contributed by atoms with van der Waals surface area (Å²) < 4.78 is 14.4. The van der Waals surface area contributed by atoms with E-state index in [2.05, 4.69) is 31.6 Å². The highest BCUT2D eigenvalue weighted by Gasteiger charge is 2.66. The molecule has 2 fully saturated rings. The fraction of sp³-hybridized carbons (Fsp3) is 0.515. The second-order valence-corrected chi connectivity index (χ2v) is 18.6. The smallest absolute Gasteiger partial charge is 0.264 e. The average molecular weight is 777 g/mol. The Morgan fingerprint density at radius 1 is 1.10 bits per heavy atom. The number of aliphatic hydroxyl groups excluding tert-OH is 5. The zero-order valence-electron chi connectivity index (χ0n) is 27.8. The van der Waals surface area contributed by atoms with Crippen LogP contribution in [0.2, 0.25) is 18.6 Å². The van der Waals surface area contributed by atoms with Gasteiger partial charge in [0.05, 0.1) is 24.0 Å². The van der Waals surface area contributed by atoms with E-state index in [0.717, 1.165) is 4.47 Å². The van der Waals surface area contributed by atoms with Gasteiger partial charge in [-0.3, -0.25) is 14.3 Å². The number of hydrogen-bond acceptors (Lipinski definition) is 12. The molecule has 1 spiro atoms. The van der Waals surface area contributed by atoms with Crippen LogP contribution in [0, 0.1) is 5.92 Å². The first-order valence-electron chi connectivity index (χ1n) is 16.4. The molecule has 50 heavy (non-hydrogen) atoms. The summed E-state index contributed by atoms with van der Waals surface area (Å²) in [7, 11) is -2.90. The summed E-state index contributed by atoms with van der Waals surface area (Å²) in [6.07, 6.45) is -6.69. The second kappa shape index (κ2) is 14.1. The van der Waals surface area contributed by atoms with E-state index in [0.29, 0.717) is 47.6 Å². The van der Waals surface area contributed by atoms with Crippen molar-refractivity contribution in [3.63, 3.8) is 0 Å². The number of amides is 2. The quantitative estimate of drug-likeness (QED) is 0.142. The summed E-state index contributed by atoms with van der Waals surface area (Å²) in [5.41, 5.74) is 1.30. The fourth-order valence-electron chi connectivity index (χ4n) is 7.63. The van der Waals surface area contributed by atoms with Gasteiger partial charge in [-0.1, -0.05) is 40.2 Å². The van der Waals surface area contributed by atoms with Crippen molar-refractivity contribution < 1.29 is 49.4 Å². The van der Waals surface area contributed by atoms with Crippen molar-refractivity contribution in [1.82, 2.24) is 15.0 Å². The van der Waals surface area contributed by atoms with Gasteiger partial charge in [-0.2, -0.15) is 0 Å². The van der Waals surface area contributed by atoms with Crippen molar-refractivity contribution >= 4 is 47.4 Å². The number of hydrogen-bond donors (Lipinski definition) is 7. The first-order chi connectivity index (χ1) is 23.6. The minimum Gasteiger partial charge on any atom is -0.432 e. The van der Waals surface area contributed by atoms with Gasteiger partial charge in [0.25, 0.3) is 11.8 Å². The van der Waals surface area contributed by atoms with Gasteiger partial charge in [-0.15, -0.1) is 5.10 Å². The van der Waals surface area contributed by atoms with E-state index in [1.807, 2.05) is 38.2 Å². The molecule has 15 nitrogen and oxygen atoms in total. The maximum atomic E-state index is 14.8. The summed E-state index contributed by atoms with van der Waals surface area (Å²) in [6, 6.07) is 12.3. The molecule has 0 aliphatic carbocycles. The van der Waals surface area contributed by atoms with Gasteiger partial charge in [0, 0.05) is 53.0 Å². The van der Waals surface area contributed by atoms with Gasteiger partial charge < -0.3 is 50.0 Å². The summed E-state index contributed by atoms with van der Waals surface area (Å²) >= 11 is 3.57. The number of carbonyl (C=O) groups excluding carboxylic acids is 2. The van der Waals surface area contributed by atoms with Crippen LogP contribution in [0.5, 0.6) is 0 Å². The number of aryl methyl sites for hydroxylation is 1. The van der Waals surface area contributed by atoms with Gasteiger partial charge in [0.1, 0.15) is 18.3 Å². The van der Waals surface area contributed by atoms with E-state index in [9.17, 15) is 39.9 Å². The van der Waals surface area contributed by atoms with E-state index in [1.165, 1.54) is 0 Å². The molecule has 3 aliphatic heterocycles. The molecule has 2 saturated heterocycles. The molecule has 3 aromatic rings. The number of rotatable bonds is 10. The lowest BCUT2D eigenvalue weighted by Crippen LogP contribution is -2.60. The number of benzene rings is 2. The Balaban J connectivity index is 1.26. The van der Waals surface area contributed by atoms with E-state index in [-0.39, 0.29) is 30.5 Å². The van der Waals surface area contributed by atoms with Crippen LogP contribution in [0.4, 0.5) is 11.4 Å². The largest absolute Gasteiger partial charge is 0.432 e. The maximum absolute atomic E-state index is 14.8. The number of halogens is 1. The Morgan fingerprint density at radius 2 is 1.86 bits per heavy atom. The second-order valence-electron chi connectivity index (χ2n) is 13.8. The third kappa shape index (κ3) is 6.67. The van der Waals surface area contributed by atoms with Crippen LogP contribution < -0.4 is 10.2 Å². The summed E-state index contributed by atoms with van der Waals surface area (Å²) in [5, 5.41) is 60.1. The van der Waals surface area contributed by atoms with Crippen LogP contribution in [0.15, 0.2) is 53.1 Å². The standard InChI is InChI=1S/C33H42BrN5O10Si/c1-17-29(50(2,3)47)24(9-11-38-16-21(10-12-40)36-37-38)49-33(17)22-14-19(34)7-8-23(22)39(32(33)46)15-18-5-4-6-20(13-18)35-30(44)28-26(42)25(41)27(43)31(45)48-28/h4-8,13-14,16-17,24-29,31,40-43,45,47H,9-12,15H2,1-3H3,(H,35,44)/t17-,24+,25+,26+,27-,28+,29-,31-,33+/m1/s1. The lowest BCUT2D eigenvalue weighted by atomic mass is 9.82. The highest BCUT2D eigenvalue weighted by molar-refractivity contribution is 9.10. The third-order valence-electron chi connectivity index (χ3n) is 9.92. The Bertz CT molecular complexity index is 1740. The van der Waals surface area contributed by atoms with Crippen molar-refractivity contribution in [2.24, 2.45) is 5.92 Å². The predicted molar refractivity (Wildman–Crippen MR) is 184 cm³/mol. The zero-order valence-corrected chi connectivity index (χ0v) is 30.3. The topological polar surface area (TPSA) is 220 Å². The van der Waals surface area contributed by atoms with Crippen LogP contribution in [-0.4, -0.2) is 109 Å². The Kier molecular flexibility index (Phi) is 10.4. The molecule has 0 radical (unpaired) electrons. The number of carbonyl (C=O) groups is 2. The van der Waals surface area contributed by atoms with E-state index in [1.54, 1.807) is 40.0 Å². The third-order valence-corrected chi connectivity index (χ3v) is 12.9. The molecular weight excluding hydrogens is 734 g/mol. The van der Waals surface area contributed by atoms with Gasteiger partial charge in [-0.05, 0) is 55.4 Å². The van der Waals surface area contributed by atoms with Crippen LogP contribution in [-0.2, 0) is 44.2 Å². The molecule has 0 bridgehead atoms. The highest BCUT2D eigenvalue weighted by atomic mass is 79.9. The van der Waals surface area contributed by atoms with Gasteiger partial charge in [-0.25, -0.2) is 0 Å². The molecule has 0 saturated carbocycles. The Labute approximate surface area is 297 Å². The number of aromatic nitrogens is 3. The Hall–Kier alpha value is -3.10. The van der Waals surface area contributed by atoms with Crippen molar-refractivity contribution in [3.8, 4) is 0 Å². The van der Waals surface area contributed by atoms with Crippen molar-refractivity contribution in [2.45, 2.75) is 93.9 Å². The molecule has 0 unspecified atom stereocenters. The Morgan fingerprint density at radius 3 is 2.58 bits per heavy atom. The zero-order chi connectivity index (χ0) is 36.1. The molecule has 4 heterocycles. The number of fused-ring (bicyclic) bond motifs is 2. The minimum atomic E-state index is -2.90. The lowest BCUT2D eigenvalue weighted by Gasteiger charge is -2.37. The number of nitrogens with zero attached hydrogens (tertiary/aromatic N) is 4. The SMILES string of the molecule is C[C@@H]1[C@@H]([Si](C)(C)O)[C@H](CCn2cc(CCO)nn2)O[C@@]12C(=O)N(Cc1cccc(NC(=O)[C@H]3O[C@@H](O)[C@H](O)[C@@H](O)[C@@H]3O)c1)c1ccc(Br)cc12. The van der Waals surface area contributed by atoms with Crippen LogP contribution in [0.3, 0.4) is 0 Å². The number of ether oxygens (including phenoxy) is 2. The molecule has 6 rings (SSSR count). The van der Waals surface area contributed by atoms with Crippen LogP contribution in [0.25, 0.3) is 0 Å². The van der Waals surface area contributed by atoms with Crippen molar-refractivity contribution in [1.29, 1.82) is 0 Å². The number of aliphatic hydroxyl groups is 5. The number of anilines is 2. The summed E-state index contributed by atoms with van der Waals surface area (Å²) in [5.74, 6) is -1.51. The molecule has 270 valence electrons. The summed E-state index contributed by atoms with van der Waals surface area (Å²) in [4.78, 5) is 41.0. The molecule has 1 aromatic heterocycles. The first kappa shape index (κ1) is 36.7. The number of nitrogens with one attached hydrogen (secondary N) is 1. The van der Waals surface area contributed by atoms with Crippen LogP contribution in [0.1, 0.15) is 30.2 Å². The lowest BCUT2D eigenvalue weighted by molar-refractivity contribution is -0.274. The summed E-state index contributed by atoms with van der Waals surface area (Å²) in [6.45, 7) is 6.20. The molecule has 2 aromatic carbocycles. The van der Waals surface area contributed by atoms with Gasteiger partial charge >= 0.3 is 0 Å². The van der Waals surface area contributed by atoms with Gasteiger partial charge in [0.15, 0.2) is 26.3 Å². The highest BCUT2D eigenvalue weighted by Crippen LogP contribution is 2.60. The van der Waals surface area contributed by atoms with E-state index < -0.39 is 56.6 Å². The molecule has 7 N–H and O–H groups in total. The monoisotopic (exact) mass is 775 g/mol.